The largest absolute Gasteiger partial charge is 0.352 e. The third-order valence-corrected chi connectivity index (χ3v) is 4.89. The molecule has 6 heteroatoms. The Balaban J connectivity index is 0.00000312. The average Bonchev–Trinajstić information content (AvgIpc) is 3.14. The molecule has 0 aliphatic heterocycles. The molecule has 0 bridgehead atoms. The molecule has 0 saturated carbocycles. The van der Waals surface area contributed by atoms with Crippen LogP contribution in [-0.4, -0.2) is 31.0 Å². The van der Waals surface area contributed by atoms with Crippen LogP contribution in [0.25, 0.3) is 0 Å². The maximum Gasteiger partial charge on any atom is 0.191 e. The van der Waals surface area contributed by atoms with Crippen molar-refractivity contribution in [3.8, 4) is 0 Å². The normalized spacial score (nSPS) is 11.3. The maximum atomic E-state index is 4.27. The van der Waals surface area contributed by atoms with Crippen molar-refractivity contribution in [2.45, 2.75) is 33.5 Å². The van der Waals surface area contributed by atoms with Crippen LogP contribution < -0.4 is 10.6 Å². The molecule has 1 aromatic heterocycles. The summed E-state index contributed by atoms with van der Waals surface area (Å²) in [7, 11) is 1.80. The van der Waals surface area contributed by atoms with Gasteiger partial charge in [-0.15, -0.1) is 35.3 Å². The molecule has 0 amide bonds. The van der Waals surface area contributed by atoms with Crippen LogP contribution in [0.3, 0.4) is 0 Å². The van der Waals surface area contributed by atoms with Crippen molar-refractivity contribution in [3.05, 3.63) is 57.8 Å². The van der Waals surface area contributed by atoms with Gasteiger partial charge in [-0.05, 0) is 35.7 Å². The van der Waals surface area contributed by atoms with Crippen molar-refractivity contribution in [1.29, 1.82) is 0 Å². The lowest BCUT2D eigenvalue weighted by atomic mass is 10.1. The van der Waals surface area contributed by atoms with Crippen molar-refractivity contribution in [2.24, 2.45) is 4.99 Å². The number of hydrogen-bond donors (Lipinski definition) is 2. The van der Waals surface area contributed by atoms with E-state index in [0.717, 1.165) is 38.7 Å². The molecule has 2 N–H and O–H groups in total. The second-order valence-corrected chi connectivity index (χ2v) is 6.67. The molecule has 0 aliphatic carbocycles. The Morgan fingerprint density at radius 3 is 2.20 bits per heavy atom. The van der Waals surface area contributed by atoms with Gasteiger partial charge in [0, 0.05) is 25.0 Å². The number of halogens is 1. The molecule has 4 nitrogen and oxygen atoms in total. The molecule has 25 heavy (non-hydrogen) atoms. The molecule has 0 radical (unpaired) electrons. The lowest BCUT2D eigenvalue weighted by molar-refractivity contribution is 0.296. The number of guanidine groups is 1. The molecular weight excluding hydrogens is 443 g/mol. The molecule has 0 atom stereocenters. The second-order valence-electron chi connectivity index (χ2n) is 5.64. The summed E-state index contributed by atoms with van der Waals surface area (Å²) in [5, 5.41) is 8.79. The highest BCUT2D eigenvalue weighted by molar-refractivity contribution is 14.0. The minimum absolute atomic E-state index is 0. The number of rotatable bonds is 8. The van der Waals surface area contributed by atoms with Crippen molar-refractivity contribution < 1.29 is 0 Å². The summed E-state index contributed by atoms with van der Waals surface area (Å²) >= 11 is 1.75. The molecule has 0 aliphatic rings. The summed E-state index contributed by atoms with van der Waals surface area (Å²) in [5.41, 5.74) is 2.63. The molecule has 0 saturated heterocycles. The fourth-order valence-electron chi connectivity index (χ4n) is 2.46. The Bertz CT molecular complexity index is 607. The van der Waals surface area contributed by atoms with Gasteiger partial charge in [-0.25, -0.2) is 0 Å². The number of hydrogen-bond acceptors (Lipinski definition) is 3. The van der Waals surface area contributed by atoms with Crippen molar-refractivity contribution in [3.63, 3.8) is 0 Å². The molecular formula is C19H29IN4S. The minimum Gasteiger partial charge on any atom is -0.352 e. The van der Waals surface area contributed by atoms with Crippen LogP contribution in [0.1, 0.15) is 29.9 Å². The van der Waals surface area contributed by atoms with E-state index in [4.69, 9.17) is 0 Å². The fourth-order valence-corrected chi connectivity index (χ4v) is 3.10. The molecule has 1 heterocycles. The van der Waals surface area contributed by atoms with Crippen LogP contribution in [0, 0.1) is 0 Å². The molecule has 0 unspecified atom stereocenters. The lowest BCUT2D eigenvalue weighted by Crippen LogP contribution is -2.36. The van der Waals surface area contributed by atoms with Gasteiger partial charge in [0.1, 0.15) is 0 Å². The van der Waals surface area contributed by atoms with E-state index in [2.05, 4.69) is 76.2 Å². The summed E-state index contributed by atoms with van der Waals surface area (Å²) in [5.74, 6) is 0.829. The van der Waals surface area contributed by atoms with Gasteiger partial charge >= 0.3 is 0 Å². The van der Waals surface area contributed by atoms with E-state index < -0.39 is 0 Å². The highest BCUT2D eigenvalue weighted by Gasteiger charge is 2.02. The summed E-state index contributed by atoms with van der Waals surface area (Å²) < 4.78 is 0. The van der Waals surface area contributed by atoms with Crippen LogP contribution in [0.4, 0.5) is 0 Å². The van der Waals surface area contributed by atoms with E-state index in [1.165, 1.54) is 16.0 Å². The predicted octanol–water partition coefficient (Wildman–Crippen LogP) is 4.07. The van der Waals surface area contributed by atoms with Gasteiger partial charge in [0.25, 0.3) is 0 Å². The SMILES string of the molecule is CCN(CC)Cc1ccc(CNC(=NC)NCc2cccs2)cc1.I. The Morgan fingerprint density at radius 1 is 1.00 bits per heavy atom. The quantitative estimate of drug-likeness (QED) is 0.346. The fraction of sp³-hybridized carbons (Fsp3) is 0.421. The Morgan fingerprint density at radius 2 is 1.64 bits per heavy atom. The zero-order chi connectivity index (χ0) is 17.2. The summed E-state index contributed by atoms with van der Waals surface area (Å²) in [4.78, 5) is 8.00. The highest BCUT2D eigenvalue weighted by Crippen LogP contribution is 2.08. The monoisotopic (exact) mass is 472 g/mol. The van der Waals surface area contributed by atoms with E-state index >= 15 is 0 Å². The minimum atomic E-state index is 0. The van der Waals surface area contributed by atoms with E-state index in [1.54, 1.807) is 18.4 Å². The van der Waals surface area contributed by atoms with Crippen LogP contribution in [0.15, 0.2) is 46.8 Å². The topological polar surface area (TPSA) is 39.7 Å². The van der Waals surface area contributed by atoms with E-state index in [9.17, 15) is 0 Å². The maximum absolute atomic E-state index is 4.27. The zero-order valence-electron chi connectivity index (χ0n) is 15.3. The van der Waals surface area contributed by atoms with Gasteiger partial charge in [-0.1, -0.05) is 44.2 Å². The van der Waals surface area contributed by atoms with Gasteiger partial charge in [0.2, 0.25) is 0 Å². The summed E-state index contributed by atoms with van der Waals surface area (Å²) in [6.45, 7) is 9.19. The molecule has 0 fully saturated rings. The Kier molecular flexibility index (Phi) is 10.8. The molecule has 2 rings (SSSR count). The van der Waals surface area contributed by atoms with E-state index in [1.807, 2.05) is 0 Å². The van der Waals surface area contributed by atoms with E-state index in [-0.39, 0.29) is 24.0 Å². The van der Waals surface area contributed by atoms with E-state index in [0.29, 0.717) is 0 Å². The van der Waals surface area contributed by atoms with Crippen LogP contribution in [0.2, 0.25) is 0 Å². The number of thiophene rings is 1. The van der Waals surface area contributed by atoms with Gasteiger partial charge < -0.3 is 10.6 Å². The first kappa shape index (κ1) is 21.9. The standard InChI is InChI=1S/C19H28N4S.HI/c1-4-23(5-2)15-17-10-8-16(9-11-17)13-21-19(20-3)22-14-18-7-6-12-24-18;/h6-12H,4-5,13-15H2,1-3H3,(H2,20,21,22);1H. The Labute approximate surface area is 172 Å². The van der Waals surface area contributed by atoms with Crippen molar-refractivity contribution >= 4 is 41.3 Å². The third kappa shape index (κ3) is 7.75. The number of nitrogens with zero attached hydrogens (tertiary/aromatic N) is 2. The first-order chi connectivity index (χ1) is 11.7. The summed E-state index contributed by atoms with van der Waals surface area (Å²) in [6.07, 6.45) is 0. The number of nitrogens with one attached hydrogen (secondary N) is 2. The van der Waals surface area contributed by atoms with Gasteiger partial charge in [-0.3, -0.25) is 9.89 Å². The van der Waals surface area contributed by atoms with Gasteiger partial charge in [-0.2, -0.15) is 0 Å². The number of aliphatic imine (C=N–C) groups is 1. The first-order valence-corrected chi connectivity index (χ1v) is 9.40. The van der Waals surface area contributed by atoms with Crippen molar-refractivity contribution in [2.75, 3.05) is 20.1 Å². The van der Waals surface area contributed by atoms with Gasteiger partial charge in [0.05, 0.1) is 6.54 Å². The summed E-state index contributed by atoms with van der Waals surface area (Å²) in [6, 6.07) is 13.0. The highest BCUT2D eigenvalue weighted by atomic mass is 127. The lowest BCUT2D eigenvalue weighted by Gasteiger charge is -2.18. The molecule has 0 spiro atoms. The molecule has 138 valence electrons. The molecule has 1 aromatic carbocycles. The average molecular weight is 472 g/mol. The second kappa shape index (κ2) is 12.3. The van der Waals surface area contributed by atoms with Crippen LogP contribution in [0.5, 0.6) is 0 Å². The van der Waals surface area contributed by atoms with Crippen LogP contribution >= 0.6 is 35.3 Å². The predicted molar refractivity (Wildman–Crippen MR) is 120 cm³/mol. The van der Waals surface area contributed by atoms with Crippen LogP contribution in [-0.2, 0) is 19.6 Å². The smallest absolute Gasteiger partial charge is 0.191 e. The Hall–Kier alpha value is -1.12. The third-order valence-electron chi connectivity index (χ3n) is 4.02. The van der Waals surface area contributed by atoms with Gasteiger partial charge in [0.15, 0.2) is 5.96 Å². The molecule has 2 aromatic rings. The van der Waals surface area contributed by atoms with Crippen molar-refractivity contribution in [1.82, 2.24) is 15.5 Å². The zero-order valence-corrected chi connectivity index (χ0v) is 18.4. The first-order valence-electron chi connectivity index (χ1n) is 8.52. The number of benzene rings is 1.